The predicted octanol–water partition coefficient (Wildman–Crippen LogP) is 3.77. The number of carbonyl (C=O) groups is 1. The van der Waals surface area contributed by atoms with E-state index in [4.69, 9.17) is 0 Å². The molecule has 0 spiro atoms. The summed E-state index contributed by atoms with van der Waals surface area (Å²) in [4.78, 5) is 11.9. The fourth-order valence-electron chi connectivity index (χ4n) is 2.68. The summed E-state index contributed by atoms with van der Waals surface area (Å²) in [5.74, 6) is 0.161. The molecule has 2 rings (SSSR count). The van der Waals surface area contributed by atoms with Crippen LogP contribution in [0.4, 0.5) is 5.69 Å². The molecule has 0 fully saturated rings. The highest BCUT2D eigenvalue weighted by Gasteiger charge is 2.31. The Bertz CT molecular complexity index is 413. The lowest BCUT2D eigenvalue weighted by molar-refractivity contribution is -0.118. The maximum absolute atomic E-state index is 11.9. The summed E-state index contributed by atoms with van der Waals surface area (Å²) in [5, 5.41) is 3.02. The molecule has 17 heavy (non-hydrogen) atoms. The standard InChI is InChI=1S/C15H21NO/c1-3-4-9-15(2)10-12-7-5-6-8-13(12)16-14(17)11-15/h5-8H,3-4,9-11H2,1-2H3,(H,16,17). The largest absolute Gasteiger partial charge is 0.326 e. The van der Waals surface area contributed by atoms with Crippen molar-refractivity contribution in [3.05, 3.63) is 29.8 Å². The SMILES string of the molecule is CCCCC1(C)CC(=O)Nc2ccccc2C1. The van der Waals surface area contributed by atoms with Crippen molar-refractivity contribution in [1.82, 2.24) is 0 Å². The third-order valence-electron chi connectivity index (χ3n) is 3.63. The van der Waals surface area contributed by atoms with Gasteiger partial charge < -0.3 is 5.32 Å². The van der Waals surface area contributed by atoms with Crippen LogP contribution in [-0.4, -0.2) is 5.91 Å². The van der Waals surface area contributed by atoms with Gasteiger partial charge in [0.25, 0.3) is 0 Å². The Morgan fingerprint density at radius 1 is 1.29 bits per heavy atom. The van der Waals surface area contributed by atoms with Gasteiger partial charge in [0.2, 0.25) is 5.91 Å². The smallest absolute Gasteiger partial charge is 0.224 e. The van der Waals surface area contributed by atoms with E-state index in [2.05, 4.69) is 31.3 Å². The van der Waals surface area contributed by atoms with Gasteiger partial charge in [-0.15, -0.1) is 0 Å². The van der Waals surface area contributed by atoms with E-state index in [0.717, 1.165) is 18.5 Å². The zero-order valence-electron chi connectivity index (χ0n) is 10.8. The molecular weight excluding hydrogens is 210 g/mol. The van der Waals surface area contributed by atoms with Crippen molar-refractivity contribution in [3.8, 4) is 0 Å². The van der Waals surface area contributed by atoms with E-state index >= 15 is 0 Å². The number of unbranched alkanes of at least 4 members (excludes halogenated alkanes) is 1. The summed E-state index contributed by atoms with van der Waals surface area (Å²) in [6, 6.07) is 8.16. The number of hydrogen-bond acceptors (Lipinski definition) is 1. The highest BCUT2D eigenvalue weighted by molar-refractivity contribution is 5.92. The van der Waals surface area contributed by atoms with Gasteiger partial charge >= 0.3 is 0 Å². The van der Waals surface area contributed by atoms with Crippen LogP contribution in [-0.2, 0) is 11.2 Å². The quantitative estimate of drug-likeness (QED) is 0.843. The Morgan fingerprint density at radius 2 is 2.06 bits per heavy atom. The molecule has 1 aliphatic heterocycles. The van der Waals surface area contributed by atoms with Gasteiger partial charge in [-0.2, -0.15) is 0 Å². The lowest BCUT2D eigenvalue weighted by Crippen LogP contribution is -2.23. The van der Waals surface area contributed by atoms with Gasteiger partial charge in [-0.3, -0.25) is 4.79 Å². The number of nitrogens with one attached hydrogen (secondary N) is 1. The first-order chi connectivity index (χ1) is 8.13. The average molecular weight is 231 g/mol. The molecule has 1 amide bonds. The molecule has 0 saturated carbocycles. The van der Waals surface area contributed by atoms with Gasteiger partial charge in [-0.05, 0) is 29.9 Å². The second kappa shape index (κ2) is 4.91. The summed E-state index contributed by atoms with van der Waals surface area (Å²) in [5.41, 5.74) is 2.39. The number of amides is 1. The van der Waals surface area contributed by atoms with Crippen LogP contribution in [0, 0.1) is 5.41 Å². The van der Waals surface area contributed by atoms with E-state index in [1.807, 2.05) is 12.1 Å². The van der Waals surface area contributed by atoms with Crippen molar-refractivity contribution in [3.63, 3.8) is 0 Å². The second-order valence-corrected chi connectivity index (χ2v) is 5.47. The first kappa shape index (κ1) is 12.2. The van der Waals surface area contributed by atoms with Crippen LogP contribution >= 0.6 is 0 Å². The van der Waals surface area contributed by atoms with Gasteiger partial charge in [-0.1, -0.05) is 44.9 Å². The Labute approximate surface area is 103 Å². The van der Waals surface area contributed by atoms with Crippen LogP contribution in [0.2, 0.25) is 0 Å². The molecule has 0 aromatic heterocycles. The molecule has 0 saturated heterocycles. The van der Waals surface area contributed by atoms with Crippen LogP contribution in [0.5, 0.6) is 0 Å². The van der Waals surface area contributed by atoms with Crippen LogP contribution < -0.4 is 5.32 Å². The van der Waals surface area contributed by atoms with Gasteiger partial charge in [0, 0.05) is 12.1 Å². The lowest BCUT2D eigenvalue weighted by Gasteiger charge is -2.27. The molecule has 1 aromatic rings. The van der Waals surface area contributed by atoms with Gasteiger partial charge in [-0.25, -0.2) is 0 Å². The number of rotatable bonds is 3. The van der Waals surface area contributed by atoms with E-state index in [9.17, 15) is 4.79 Å². The maximum atomic E-state index is 11.9. The van der Waals surface area contributed by atoms with Crippen LogP contribution in [0.15, 0.2) is 24.3 Å². The maximum Gasteiger partial charge on any atom is 0.224 e. The number of anilines is 1. The fraction of sp³-hybridized carbons (Fsp3) is 0.533. The minimum atomic E-state index is 0.118. The summed E-state index contributed by atoms with van der Waals surface area (Å²) >= 11 is 0. The summed E-state index contributed by atoms with van der Waals surface area (Å²) in [6.07, 6.45) is 5.17. The highest BCUT2D eigenvalue weighted by Crippen LogP contribution is 2.37. The Hall–Kier alpha value is -1.31. The molecule has 1 atom stereocenters. The predicted molar refractivity (Wildman–Crippen MR) is 71.0 cm³/mol. The normalized spacial score (nSPS) is 23.8. The Morgan fingerprint density at radius 3 is 2.82 bits per heavy atom. The van der Waals surface area contributed by atoms with Crippen molar-refractivity contribution >= 4 is 11.6 Å². The number of benzene rings is 1. The molecule has 1 N–H and O–H groups in total. The summed E-state index contributed by atoms with van der Waals surface area (Å²) in [7, 11) is 0. The Balaban J connectivity index is 2.25. The van der Waals surface area contributed by atoms with E-state index in [-0.39, 0.29) is 11.3 Å². The van der Waals surface area contributed by atoms with E-state index in [0.29, 0.717) is 6.42 Å². The molecule has 0 aliphatic carbocycles. The zero-order valence-corrected chi connectivity index (χ0v) is 10.8. The van der Waals surface area contributed by atoms with Crippen LogP contribution in [0.25, 0.3) is 0 Å². The number of para-hydroxylation sites is 1. The molecule has 92 valence electrons. The van der Waals surface area contributed by atoms with Gasteiger partial charge in [0.15, 0.2) is 0 Å². The zero-order chi connectivity index (χ0) is 12.3. The molecule has 1 aromatic carbocycles. The molecule has 0 radical (unpaired) electrons. The molecule has 0 bridgehead atoms. The van der Waals surface area contributed by atoms with Crippen LogP contribution in [0.1, 0.15) is 45.1 Å². The van der Waals surface area contributed by atoms with Gasteiger partial charge in [0.1, 0.15) is 0 Å². The third-order valence-corrected chi connectivity index (χ3v) is 3.63. The topological polar surface area (TPSA) is 29.1 Å². The molecular formula is C15H21NO. The number of carbonyl (C=O) groups excluding carboxylic acids is 1. The second-order valence-electron chi connectivity index (χ2n) is 5.47. The summed E-state index contributed by atoms with van der Waals surface area (Å²) < 4.78 is 0. The first-order valence-corrected chi connectivity index (χ1v) is 6.51. The van der Waals surface area contributed by atoms with Crippen LogP contribution in [0.3, 0.4) is 0 Å². The highest BCUT2D eigenvalue weighted by atomic mass is 16.1. The van der Waals surface area contributed by atoms with Crippen molar-refractivity contribution in [1.29, 1.82) is 0 Å². The minimum absolute atomic E-state index is 0.118. The molecule has 2 nitrogen and oxygen atoms in total. The molecule has 1 aliphatic rings. The van der Waals surface area contributed by atoms with Crippen molar-refractivity contribution in [2.24, 2.45) is 5.41 Å². The minimum Gasteiger partial charge on any atom is -0.326 e. The molecule has 1 unspecified atom stereocenters. The number of hydrogen-bond donors (Lipinski definition) is 1. The van der Waals surface area contributed by atoms with Crippen molar-refractivity contribution in [2.75, 3.05) is 5.32 Å². The molecule has 2 heteroatoms. The average Bonchev–Trinajstić information content (AvgIpc) is 2.41. The fourth-order valence-corrected chi connectivity index (χ4v) is 2.68. The van der Waals surface area contributed by atoms with Crippen molar-refractivity contribution in [2.45, 2.75) is 46.0 Å². The van der Waals surface area contributed by atoms with Crippen molar-refractivity contribution < 1.29 is 4.79 Å². The monoisotopic (exact) mass is 231 g/mol. The molecule has 1 heterocycles. The van der Waals surface area contributed by atoms with Gasteiger partial charge in [0.05, 0.1) is 0 Å². The lowest BCUT2D eigenvalue weighted by atomic mass is 9.77. The van der Waals surface area contributed by atoms with E-state index < -0.39 is 0 Å². The summed E-state index contributed by atoms with van der Waals surface area (Å²) in [6.45, 7) is 4.44. The van der Waals surface area contributed by atoms with E-state index in [1.54, 1.807) is 0 Å². The third kappa shape index (κ3) is 2.87. The number of fused-ring (bicyclic) bond motifs is 1. The first-order valence-electron chi connectivity index (χ1n) is 6.51. The Kier molecular flexibility index (Phi) is 3.51. The van der Waals surface area contributed by atoms with E-state index in [1.165, 1.54) is 18.4 Å².